The van der Waals surface area contributed by atoms with E-state index < -0.39 is 0 Å². The Hall–Kier alpha value is -0.580. The van der Waals surface area contributed by atoms with E-state index in [0.717, 1.165) is 5.56 Å². The summed E-state index contributed by atoms with van der Waals surface area (Å²) in [6, 6.07) is 0. The number of halogens is 1. The van der Waals surface area contributed by atoms with Crippen molar-refractivity contribution in [1.29, 1.82) is 0 Å². The minimum Gasteiger partial charge on any atom is -0.364 e. The Morgan fingerprint density at radius 1 is 1.78 bits per heavy atom. The lowest BCUT2D eigenvalue weighted by Gasteiger charge is -1.86. The van der Waals surface area contributed by atoms with Crippen LogP contribution in [0.25, 0.3) is 0 Å². The van der Waals surface area contributed by atoms with E-state index in [1.54, 1.807) is 6.20 Å². The van der Waals surface area contributed by atoms with Gasteiger partial charge in [0, 0.05) is 5.56 Å². The predicted octanol–water partition coefficient (Wildman–Crippen LogP) is 0.487. The molecule has 0 aliphatic carbocycles. The summed E-state index contributed by atoms with van der Waals surface area (Å²) in [5, 5.41) is 3.43. The van der Waals surface area contributed by atoms with Crippen molar-refractivity contribution in [3.05, 3.63) is 18.0 Å². The molecule has 0 saturated carbocycles. The number of rotatable bonds is 2. The Morgan fingerprint density at radius 2 is 2.56 bits per heavy atom. The van der Waals surface area contributed by atoms with Gasteiger partial charge in [-0.25, -0.2) is 5.90 Å². The van der Waals surface area contributed by atoms with Crippen LogP contribution in [-0.2, 0) is 11.4 Å². The molecule has 0 spiro atoms. The SMILES string of the molecule is Cl.NOCc1cnoc1. The van der Waals surface area contributed by atoms with Crippen molar-refractivity contribution in [3.8, 4) is 0 Å². The summed E-state index contributed by atoms with van der Waals surface area (Å²) in [4.78, 5) is 4.29. The highest BCUT2D eigenvalue weighted by atomic mass is 35.5. The van der Waals surface area contributed by atoms with Gasteiger partial charge in [-0.2, -0.15) is 0 Å². The Bertz CT molecular complexity index is 142. The monoisotopic (exact) mass is 150 g/mol. The van der Waals surface area contributed by atoms with Gasteiger partial charge in [0.15, 0.2) is 0 Å². The third-order valence-corrected chi connectivity index (χ3v) is 0.733. The molecule has 0 aliphatic heterocycles. The van der Waals surface area contributed by atoms with E-state index in [-0.39, 0.29) is 12.4 Å². The maximum absolute atomic E-state index is 4.75. The molecule has 9 heavy (non-hydrogen) atoms. The first-order chi connectivity index (χ1) is 3.93. The van der Waals surface area contributed by atoms with Crippen LogP contribution in [0.1, 0.15) is 5.56 Å². The third kappa shape index (κ3) is 2.46. The Morgan fingerprint density at radius 3 is 3.00 bits per heavy atom. The van der Waals surface area contributed by atoms with Gasteiger partial charge in [0.1, 0.15) is 6.26 Å². The minimum atomic E-state index is 0. The van der Waals surface area contributed by atoms with E-state index in [4.69, 9.17) is 5.90 Å². The number of hydrogen-bond donors (Lipinski definition) is 1. The van der Waals surface area contributed by atoms with Crippen LogP contribution in [-0.4, -0.2) is 5.16 Å². The molecule has 52 valence electrons. The molecule has 0 fully saturated rings. The van der Waals surface area contributed by atoms with E-state index in [2.05, 4.69) is 14.5 Å². The first-order valence-electron chi connectivity index (χ1n) is 2.13. The summed E-state index contributed by atoms with van der Waals surface area (Å²) in [7, 11) is 0. The fourth-order valence-electron chi connectivity index (χ4n) is 0.394. The molecule has 1 aromatic heterocycles. The zero-order valence-electron chi connectivity index (χ0n) is 4.61. The molecule has 1 aromatic rings. The van der Waals surface area contributed by atoms with Crippen molar-refractivity contribution in [1.82, 2.24) is 5.16 Å². The summed E-state index contributed by atoms with van der Waals surface area (Å²) in [5.74, 6) is 4.75. The lowest BCUT2D eigenvalue weighted by molar-refractivity contribution is 0.123. The van der Waals surface area contributed by atoms with Gasteiger partial charge in [-0.05, 0) is 0 Å². The normalized spacial score (nSPS) is 8.56. The van der Waals surface area contributed by atoms with Gasteiger partial charge < -0.3 is 4.52 Å². The highest BCUT2D eigenvalue weighted by molar-refractivity contribution is 5.85. The van der Waals surface area contributed by atoms with Crippen LogP contribution < -0.4 is 5.90 Å². The molecule has 4 nitrogen and oxygen atoms in total. The van der Waals surface area contributed by atoms with Crippen LogP contribution in [0.4, 0.5) is 0 Å². The van der Waals surface area contributed by atoms with Crippen molar-refractivity contribution in [2.75, 3.05) is 0 Å². The molecule has 0 atom stereocenters. The van der Waals surface area contributed by atoms with Gasteiger partial charge in [0.2, 0.25) is 0 Å². The first-order valence-corrected chi connectivity index (χ1v) is 2.13. The summed E-state index contributed by atoms with van der Waals surface area (Å²) >= 11 is 0. The molecule has 0 aromatic carbocycles. The molecule has 0 bridgehead atoms. The summed E-state index contributed by atoms with van der Waals surface area (Å²) in [6.07, 6.45) is 3.03. The van der Waals surface area contributed by atoms with E-state index in [1.165, 1.54) is 6.26 Å². The molecule has 0 saturated heterocycles. The fraction of sp³-hybridized carbons (Fsp3) is 0.250. The number of nitrogens with zero attached hydrogens (tertiary/aromatic N) is 1. The average Bonchev–Trinajstić information content (AvgIpc) is 2.19. The summed E-state index contributed by atoms with van der Waals surface area (Å²) < 4.78 is 4.48. The number of nitrogens with two attached hydrogens (primary N) is 1. The van der Waals surface area contributed by atoms with Crippen LogP contribution in [0.3, 0.4) is 0 Å². The highest BCUT2D eigenvalue weighted by Crippen LogP contribution is 1.95. The van der Waals surface area contributed by atoms with Gasteiger partial charge in [-0.15, -0.1) is 12.4 Å². The Balaban J connectivity index is 0.000000640. The first kappa shape index (κ1) is 8.42. The van der Waals surface area contributed by atoms with Crippen molar-refractivity contribution in [2.24, 2.45) is 5.90 Å². The molecule has 5 heteroatoms. The zero-order chi connectivity index (χ0) is 5.82. The fourth-order valence-corrected chi connectivity index (χ4v) is 0.394. The zero-order valence-corrected chi connectivity index (χ0v) is 5.43. The molecular formula is C4H7ClN2O2. The second-order valence-corrected chi connectivity index (χ2v) is 1.34. The second kappa shape index (κ2) is 4.31. The van der Waals surface area contributed by atoms with Crippen molar-refractivity contribution >= 4 is 12.4 Å². The molecular weight excluding hydrogens is 144 g/mol. The van der Waals surface area contributed by atoms with Crippen molar-refractivity contribution < 1.29 is 9.36 Å². The molecule has 1 heterocycles. The Labute approximate surface area is 58.3 Å². The number of aromatic nitrogens is 1. The molecule has 0 radical (unpaired) electrons. The van der Waals surface area contributed by atoms with Crippen LogP contribution in [0.15, 0.2) is 17.0 Å². The molecule has 0 aliphatic rings. The van der Waals surface area contributed by atoms with Gasteiger partial charge in [-0.3, -0.25) is 4.84 Å². The summed E-state index contributed by atoms with van der Waals surface area (Å²) in [6.45, 7) is 0.351. The maximum atomic E-state index is 4.75. The van der Waals surface area contributed by atoms with Crippen LogP contribution in [0, 0.1) is 0 Å². The summed E-state index contributed by atoms with van der Waals surface area (Å²) in [5.41, 5.74) is 0.840. The van der Waals surface area contributed by atoms with E-state index in [9.17, 15) is 0 Å². The highest BCUT2D eigenvalue weighted by Gasteiger charge is 1.90. The molecule has 2 N–H and O–H groups in total. The number of hydrogen-bond acceptors (Lipinski definition) is 4. The average molecular weight is 151 g/mol. The topological polar surface area (TPSA) is 61.3 Å². The standard InChI is InChI=1S/C4H6N2O2.ClH/c5-7-2-4-1-6-8-3-4;/h1,3H,2,5H2;1H. The van der Waals surface area contributed by atoms with Crippen molar-refractivity contribution in [3.63, 3.8) is 0 Å². The molecule has 0 amide bonds. The Kier molecular flexibility index (Phi) is 4.04. The van der Waals surface area contributed by atoms with Crippen molar-refractivity contribution in [2.45, 2.75) is 6.61 Å². The maximum Gasteiger partial charge on any atom is 0.129 e. The molecule has 1 rings (SSSR count). The molecule has 0 unspecified atom stereocenters. The third-order valence-electron chi connectivity index (χ3n) is 0.733. The van der Waals surface area contributed by atoms with E-state index >= 15 is 0 Å². The van der Waals surface area contributed by atoms with Crippen LogP contribution in [0.5, 0.6) is 0 Å². The minimum absolute atomic E-state index is 0. The predicted molar refractivity (Wildman–Crippen MR) is 32.7 cm³/mol. The smallest absolute Gasteiger partial charge is 0.129 e. The van der Waals surface area contributed by atoms with Crippen LogP contribution in [0.2, 0.25) is 0 Å². The van der Waals surface area contributed by atoms with E-state index in [1.807, 2.05) is 0 Å². The van der Waals surface area contributed by atoms with Gasteiger partial charge in [0.05, 0.1) is 12.8 Å². The largest absolute Gasteiger partial charge is 0.364 e. The second-order valence-electron chi connectivity index (χ2n) is 1.34. The lowest BCUT2D eigenvalue weighted by Crippen LogP contribution is -1.96. The van der Waals surface area contributed by atoms with E-state index in [0.29, 0.717) is 6.61 Å². The quantitative estimate of drug-likeness (QED) is 0.624. The van der Waals surface area contributed by atoms with Crippen LogP contribution >= 0.6 is 12.4 Å². The van der Waals surface area contributed by atoms with Gasteiger partial charge >= 0.3 is 0 Å². The van der Waals surface area contributed by atoms with Gasteiger partial charge in [0.25, 0.3) is 0 Å². The lowest BCUT2D eigenvalue weighted by atomic mass is 10.4. The van der Waals surface area contributed by atoms with Gasteiger partial charge in [-0.1, -0.05) is 5.16 Å².